The van der Waals surface area contributed by atoms with Crippen molar-refractivity contribution in [2.24, 2.45) is 0 Å². The highest BCUT2D eigenvalue weighted by Crippen LogP contribution is 2.59. The SMILES string of the molecule is c1ccc(C2(c3ccccc3)c3ccccc3-c3c(N(c4ccc(-c5ccc6c(ccc7ccccc76)c5)cc4)c4ccc(-c5ccc6oc7ccccc7c6c5)cc4)cccc32)cc1. The summed E-state index contributed by atoms with van der Waals surface area (Å²) in [5.74, 6) is 0. The Kier molecular flexibility index (Phi) is 8.47. The zero-order chi connectivity index (χ0) is 42.9. The van der Waals surface area contributed by atoms with E-state index < -0.39 is 5.41 Å². The molecule has 0 bridgehead atoms. The van der Waals surface area contributed by atoms with Gasteiger partial charge in [0.1, 0.15) is 11.2 Å². The van der Waals surface area contributed by atoms with Gasteiger partial charge in [-0.05, 0) is 126 Å². The van der Waals surface area contributed by atoms with Gasteiger partial charge in [-0.25, -0.2) is 0 Å². The molecule has 0 saturated carbocycles. The van der Waals surface area contributed by atoms with Crippen LogP contribution in [0.15, 0.2) is 253 Å². The van der Waals surface area contributed by atoms with E-state index in [9.17, 15) is 0 Å². The molecule has 0 fully saturated rings. The lowest BCUT2D eigenvalue weighted by Crippen LogP contribution is -2.28. The van der Waals surface area contributed by atoms with Crippen LogP contribution in [0.4, 0.5) is 17.1 Å². The Labute approximate surface area is 377 Å². The van der Waals surface area contributed by atoms with E-state index >= 15 is 0 Å². The quantitative estimate of drug-likeness (QED) is 0.149. The molecule has 304 valence electrons. The highest BCUT2D eigenvalue weighted by atomic mass is 16.3. The van der Waals surface area contributed by atoms with Gasteiger partial charge in [-0.3, -0.25) is 0 Å². The molecular weight excluding hydrogens is 787 g/mol. The molecule has 0 aliphatic heterocycles. The minimum Gasteiger partial charge on any atom is -0.456 e. The second-order valence-electron chi connectivity index (χ2n) is 17.2. The molecule has 1 heterocycles. The van der Waals surface area contributed by atoms with Gasteiger partial charge < -0.3 is 9.32 Å². The molecular formula is C63H41NO. The van der Waals surface area contributed by atoms with Crippen LogP contribution in [0.2, 0.25) is 0 Å². The van der Waals surface area contributed by atoms with E-state index in [-0.39, 0.29) is 0 Å². The number of benzene rings is 11. The van der Waals surface area contributed by atoms with Crippen LogP contribution in [0.1, 0.15) is 22.3 Å². The van der Waals surface area contributed by atoms with Gasteiger partial charge in [0.25, 0.3) is 0 Å². The van der Waals surface area contributed by atoms with E-state index in [0.29, 0.717) is 0 Å². The van der Waals surface area contributed by atoms with E-state index in [4.69, 9.17) is 4.42 Å². The fourth-order valence-corrected chi connectivity index (χ4v) is 10.8. The fraction of sp³-hybridized carbons (Fsp3) is 0.0159. The monoisotopic (exact) mass is 827 g/mol. The number of para-hydroxylation sites is 1. The maximum Gasteiger partial charge on any atom is 0.135 e. The molecule has 0 amide bonds. The Morgan fingerprint density at radius 1 is 0.323 bits per heavy atom. The molecule has 2 nitrogen and oxygen atoms in total. The van der Waals surface area contributed by atoms with Crippen molar-refractivity contribution in [3.05, 3.63) is 271 Å². The summed E-state index contributed by atoms with van der Waals surface area (Å²) >= 11 is 0. The van der Waals surface area contributed by atoms with Gasteiger partial charge in [0.15, 0.2) is 0 Å². The second-order valence-corrected chi connectivity index (χ2v) is 17.2. The molecule has 1 aliphatic rings. The molecule has 65 heavy (non-hydrogen) atoms. The van der Waals surface area contributed by atoms with Crippen LogP contribution in [0.5, 0.6) is 0 Å². The molecule has 13 rings (SSSR count). The number of fused-ring (bicyclic) bond motifs is 9. The van der Waals surface area contributed by atoms with Crippen LogP contribution in [-0.2, 0) is 5.41 Å². The van der Waals surface area contributed by atoms with Gasteiger partial charge in [-0.2, -0.15) is 0 Å². The Morgan fingerprint density at radius 3 is 1.60 bits per heavy atom. The predicted octanol–water partition coefficient (Wildman–Crippen LogP) is 17.1. The van der Waals surface area contributed by atoms with Crippen LogP contribution in [0, 0.1) is 0 Å². The third kappa shape index (κ3) is 5.81. The molecule has 0 spiro atoms. The van der Waals surface area contributed by atoms with Crippen molar-refractivity contribution in [2.45, 2.75) is 5.41 Å². The van der Waals surface area contributed by atoms with Crippen molar-refractivity contribution < 1.29 is 4.42 Å². The minimum atomic E-state index is -0.513. The molecule has 1 aromatic heterocycles. The zero-order valence-electron chi connectivity index (χ0n) is 35.5. The molecule has 0 radical (unpaired) electrons. The summed E-state index contributed by atoms with van der Waals surface area (Å²) in [7, 11) is 0. The Bertz CT molecular complexity index is 3710. The minimum absolute atomic E-state index is 0.513. The van der Waals surface area contributed by atoms with Crippen LogP contribution in [0.25, 0.3) is 76.9 Å². The van der Waals surface area contributed by atoms with E-state index in [1.54, 1.807) is 0 Å². The molecule has 12 aromatic rings. The maximum atomic E-state index is 6.19. The molecule has 2 heteroatoms. The molecule has 0 unspecified atom stereocenters. The summed E-state index contributed by atoms with van der Waals surface area (Å²) in [6, 6.07) is 91.0. The number of nitrogens with zero attached hydrogens (tertiary/aromatic N) is 1. The van der Waals surface area contributed by atoms with Gasteiger partial charge in [-0.1, -0.05) is 194 Å². The lowest BCUT2D eigenvalue weighted by atomic mass is 9.68. The van der Waals surface area contributed by atoms with Crippen molar-refractivity contribution in [1.29, 1.82) is 0 Å². The van der Waals surface area contributed by atoms with Gasteiger partial charge >= 0.3 is 0 Å². The summed E-state index contributed by atoms with van der Waals surface area (Å²) in [5, 5.41) is 7.32. The number of rotatable bonds is 7. The van der Waals surface area contributed by atoms with Crippen molar-refractivity contribution in [3.63, 3.8) is 0 Å². The smallest absolute Gasteiger partial charge is 0.135 e. The van der Waals surface area contributed by atoms with E-state index in [0.717, 1.165) is 50.1 Å². The second kappa shape index (κ2) is 14.8. The van der Waals surface area contributed by atoms with Gasteiger partial charge in [0.2, 0.25) is 0 Å². The molecule has 0 saturated heterocycles. The number of hydrogen-bond acceptors (Lipinski definition) is 2. The van der Waals surface area contributed by atoms with Crippen LogP contribution >= 0.6 is 0 Å². The summed E-state index contributed by atoms with van der Waals surface area (Å²) in [6.45, 7) is 0. The van der Waals surface area contributed by atoms with Crippen LogP contribution in [0.3, 0.4) is 0 Å². The van der Waals surface area contributed by atoms with Crippen molar-refractivity contribution in [1.82, 2.24) is 0 Å². The van der Waals surface area contributed by atoms with Crippen LogP contribution in [-0.4, -0.2) is 0 Å². The first-order valence-corrected chi connectivity index (χ1v) is 22.4. The largest absolute Gasteiger partial charge is 0.456 e. The molecule has 0 atom stereocenters. The Balaban J connectivity index is 0.986. The summed E-state index contributed by atoms with van der Waals surface area (Å²) in [6.07, 6.45) is 0. The first-order chi connectivity index (χ1) is 32.2. The lowest BCUT2D eigenvalue weighted by Gasteiger charge is -2.34. The summed E-state index contributed by atoms with van der Waals surface area (Å²) in [4.78, 5) is 2.45. The number of hydrogen-bond donors (Lipinski definition) is 0. The van der Waals surface area contributed by atoms with Gasteiger partial charge in [0, 0.05) is 27.7 Å². The fourth-order valence-electron chi connectivity index (χ4n) is 10.8. The predicted molar refractivity (Wildman–Crippen MR) is 272 cm³/mol. The van der Waals surface area contributed by atoms with E-state index in [1.807, 2.05) is 12.1 Å². The number of anilines is 3. The van der Waals surface area contributed by atoms with Crippen molar-refractivity contribution in [2.75, 3.05) is 4.90 Å². The van der Waals surface area contributed by atoms with E-state index in [1.165, 1.54) is 66.1 Å². The molecule has 0 N–H and O–H groups in total. The first kappa shape index (κ1) is 37.1. The molecule has 1 aliphatic carbocycles. The van der Waals surface area contributed by atoms with Gasteiger partial charge in [-0.15, -0.1) is 0 Å². The van der Waals surface area contributed by atoms with Crippen LogP contribution < -0.4 is 4.90 Å². The highest BCUT2D eigenvalue weighted by molar-refractivity contribution is 6.09. The standard InChI is InChI=1S/C63H41NO/c1-3-15-48(16-4-1)63(49-17-5-2-6-18-49)57-22-11-9-21-55(57)62-58(63)23-13-24-59(62)64(51-36-30-43(31-37-51)46-33-39-61-56(41-46)54-20-10-12-25-60(54)65-61)50-34-28-42(29-35-50)45-32-38-53-47(40-45)27-26-44-14-7-8-19-52(44)53/h1-41H. The molecule has 11 aromatic carbocycles. The average molecular weight is 828 g/mol. The van der Waals surface area contributed by atoms with Crippen molar-refractivity contribution in [3.8, 4) is 33.4 Å². The summed E-state index contributed by atoms with van der Waals surface area (Å²) in [5.41, 5.74) is 16.8. The highest BCUT2D eigenvalue weighted by Gasteiger charge is 2.47. The number of furan rings is 1. The third-order valence-electron chi connectivity index (χ3n) is 13.7. The van der Waals surface area contributed by atoms with Gasteiger partial charge in [0.05, 0.1) is 11.1 Å². The Morgan fingerprint density at radius 2 is 0.862 bits per heavy atom. The lowest BCUT2D eigenvalue weighted by molar-refractivity contribution is 0.669. The van der Waals surface area contributed by atoms with E-state index in [2.05, 4.69) is 241 Å². The zero-order valence-corrected chi connectivity index (χ0v) is 35.5. The van der Waals surface area contributed by atoms with Crippen molar-refractivity contribution >= 4 is 60.5 Å². The summed E-state index contributed by atoms with van der Waals surface area (Å²) < 4.78 is 6.19. The Hall–Kier alpha value is -8.46. The first-order valence-electron chi connectivity index (χ1n) is 22.4. The normalized spacial score (nSPS) is 12.7. The third-order valence-corrected chi connectivity index (χ3v) is 13.7. The maximum absolute atomic E-state index is 6.19. The topological polar surface area (TPSA) is 16.4 Å². The average Bonchev–Trinajstić information content (AvgIpc) is 3.91.